The molecule has 37 heavy (non-hydrogen) atoms. The van der Waals surface area contributed by atoms with Crippen molar-refractivity contribution in [3.8, 4) is 11.4 Å². The van der Waals surface area contributed by atoms with E-state index in [-0.39, 0.29) is 33.7 Å². The van der Waals surface area contributed by atoms with Crippen LogP contribution in [0.25, 0.3) is 21.7 Å². The number of benzene rings is 2. The lowest BCUT2D eigenvalue weighted by molar-refractivity contribution is -0.122. The van der Waals surface area contributed by atoms with E-state index in [1.807, 2.05) is 42.2 Å². The second kappa shape index (κ2) is 10.1. The van der Waals surface area contributed by atoms with Crippen molar-refractivity contribution in [1.82, 2.24) is 19.9 Å². The fraction of sp³-hybridized carbons (Fsp3) is 0.308. The van der Waals surface area contributed by atoms with Gasteiger partial charge in [-0.25, -0.2) is 18.4 Å². The summed E-state index contributed by atoms with van der Waals surface area (Å²) in [5.74, 6) is 0.206. The van der Waals surface area contributed by atoms with E-state index in [4.69, 9.17) is 4.98 Å². The Kier molecular flexibility index (Phi) is 6.82. The number of anilines is 1. The fourth-order valence-electron chi connectivity index (χ4n) is 4.66. The number of hydrogen-bond donors (Lipinski definition) is 1. The SMILES string of the molecule is CCn1c(-c2ccccc2S(C)(=O)=O)nc2sc(N3CCC[C@@H]3C(=O)NCc3ccccc3)nc2c1=O. The molecule has 1 N–H and O–H groups in total. The van der Waals surface area contributed by atoms with E-state index < -0.39 is 9.84 Å². The quantitative estimate of drug-likeness (QED) is 0.385. The van der Waals surface area contributed by atoms with Crippen molar-refractivity contribution in [3.63, 3.8) is 0 Å². The number of carbonyl (C=O) groups is 1. The van der Waals surface area contributed by atoms with Crippen molar-refractivity contribution < 1.29 is 13.2 Å². The van der Waals surface area contributed by atoms with Crippen LogP contribution >= 0.6 is 11.3 Å². The number of nitrogens with zero attached hydrogens (tertiary/aromatic N) is 4. The molecule has 1 aliphatic heterocycles. The van der Waals surface area contributed by atoms with Crippen LogP contribution in [0.15, 0.2) is 64.3 Å². The topological polar surface area (TPSA) is 114 Å². The first kappa shape index (κ1) is 25.1. The van der Waals surface area contributed by atoms with Crippen LogP contribution in [0.3, 0.4) is 0 Å². The van der Waals surface area contributed by atoms with Crippen molar-refractivity contribution in [2.45, 2.75) is 43.8 Å². The summed E-state index contributed by atoms with van der Waals surface area (Å²) in [7, 11) is -3.54. The van der Waals surface area contributed by atoms with E-state index in [1.54, 1.807) is 18.2 Å². The summed E-state index contributed by atoms with van der Waals surface area (Å²) in [6.07, 6.45) is 2.66. The minimum Gasteiger partial charge on any atom is -0.350 e. The van der Waals surface area contributed by atoms with Crippen molar-refractivity contribution in [3.05, 3.63) is 70.5 Å². The Labute approximate surface area is 218 Å². The predicted molar refractivity (Wildman–Crippen MR) is 145 cm³/mol. The van der Waals surface area contributed by atoms with E-state index in [0.717, 1.165) is 18.2 Å². The molecule has 0 saturated carbocycles. The minimum atomic E-state index is -3.54. The van der Waals surface area contributed by atoms with Crippen LogP contribution in [0.4, 0.5) is 5.13 Å². The average molecular weight is 538 g/mol. The van der Waals surface area contributed by atoms with Gasteiger partial charge >= 0.3 is 0 Å². The molecule has 4 aromatic rings. The number of carbonyl (C=O) groups excluding carboxylic acids is 1. The maximum Gasteiger partial charge on any atom is 0.281 e. The van der Waals surface area contributed by atoms with Gasteiger partial charge in [-0.1, -0.05) is 53.8 Å². The van der Waals surface area contributed by atoms with E-state index in [9.17, 15) is 18.0 Å². The van der Waals surface area contributed by atoms with Crippen molar-refractivity contribution >= 4 is 42.6 Å². The molecule has 2 aromatic carbocycles. The van der Waals surface area contributed by atoms with Gasteiger partial charge in [0.2, 0.25) is 5.91 Å². The summed E-state index contributed by atoms with van der Waals surface area (Å²) < 4.78 is 26.3. The number of rotatable bonds is 7. The standard InChI is InChI=1S/C26H27N5O4S2/c1-3-30-22(18-12-7-8-14-20(18)37(2,34)35)29-24-21(25(30)33)28-26(36-24)31-15-9-13-19(31)23(32)27-16-17-10-5-4-6-11-17/h4-8,10-12,14,19H,3,9,13,15-16H2,1-2H3,(H,27,32)/t19-/m1/s1. The van der Waals surface area contributed by atoms with E-state index in [1.165, 1.54) is 22.0 Å². The molecule has 5 rings (SSSR count). The van der Waals surface area contributed by atoms with Crippen LogP contribution in [0.1, 0.15) is 25.3 Å². The van der Waals surface area contributed by atoms with Crippen LogP contribution in [0.5, 0.6) is 0 Å². The minimum absolute atomic E-state index is 0.0812. The smallest absolute Gasteiger partial charge is 0.281 e. The van der Waals surface area contributed by atoms with E-state index >= 15 is 0 Å². The highest BCUT2D eigenvalue weighted by molar-refractivity contribution is 7.90. The molecule has 0 spiro atoms. The summed E-state index contributed by atoms with van der Waals surface area (Å²) in [6.45, 7) is 3.20. The zero-order valence-electron chi connectivity index (χ0n) is 20.5. The van der Waals surface area contributed by atoms with E-state index in [0.29, 0.717) is 41.6 Å². The number of sulfone groups is 1. The Morgan fingerprint density at radius 2 is 1.84 bits per heavy atom. The first-order chi connectivity index (χ1) is 17.8. The Bertz CT molecular complexity index is 1630. The van der Waals surface area contributed by atoms with Gasteiger partial charge in [0.15, 0.2) is 25.3 Å². The van der Waals surface area contributed by atoms with Gasteiger partial charge in [-0.3, -0.25) is 14.2 Å². The third-order valence-electron chi connectivity index (χ3n) is 6.46. The molecular weight excluding hydrogens is 510 g/mol. The van der Waals surface area contributed by atoms with Gasteiger partial charge in [-0.2, -0.15) is 0 Å². The predicted octanol–water partition coefficient (Wildman–Crippen LogP) is 3.23. The largest absolute Gasteiger partial charge is 0.350 e. The molecule has 11 heteroatoms. The summed E-state index contributed by atoms with van der Waals surface area (Å²) in [5.41, 5.74) is 1.28. The lowest BCUT2D eigenvalue weighted by atomic mass is 10.2. The molecular formula is C26H27N5O4S2. The second-order valence-corrected chi connectivity index (χ2v) is 11.9. The van der Waals surface area contributed by atoms with Crippen LogP contribution < -0.4 is 15.8 Å². The van der Waals surface area contributed by atoms with Crippen molar-refractivity contribution in [1.29, 1.82) is 0 Å². The molecule has 1 saturated heterocycles. The normalized spacial score (nSPS) is 15.8. The van der Waals surface area contributed by atoms with Gasteiger partial charge in [0.1, 0.15) is 11.9 Å². The van der Waals surface area contributed by atoms with Crippen LogP contribution in [-0.2, 0) is 27.7 Å². The van der Waals surface area contributed by atoms with Crippen molar-refractivity contribution in [2.24, 2.45) is 0 Å². The molecule has 0 unspecified atom stereocenters. The lowest BCUT2D eigenvalue weighted by Crippen LogP contribution is -2.43. The summed E-state index contributed by atoms with van der Waals surface area (Å²) in [6, 6.07) is 15.9. The summed E-state index contributed by atoms with van der Waals surface area (Å²) in [5, 5.41) is 3.58. The molecule has 0 aliphatic carbocycles. The van der Waals surface area contributed by atoms with Crippen LogP contribution in [0, 0.1) is 0 Å². The molecule has 1 atom stereocenters. The van der Waals surface area contributed by atoms with Crippen molar-refractivity contribution in [2.75, 3.05) is 17.7 Å². The highest BCUT2D eigenvalue weighted by Crippen LogP contribution is 2.33. The Morgan fingerprint density at radius 3 is 2.57 bits per heavy atom. The number of nitrogens with one attached hydrogen (secondary N) is 1. The highest BCUT2D eigenvalue weighted by atomic mass is 32.2. The average Bonchev–Trinajstić information content (AvgIpc) is 3.55. The molecule has 1 fully saturated rings. The number of amides is 1. The third kappa shape index (κ3) is 4.88. The molecule has 3 heterocycles. The Hall–Kier alpha value is -3.57. The maximum atomic E-state index is 13.4. The van der Waals surface area contributed by atoms with Gasteiger partial charge in [-0.05, 0) is 37.5 Å². The molecule has 0 bridgehead atoms. The second-order valence-electron chi connectivity index (χ2n) is 8.96. The van der Waals surface area contributed by atoms with Gasteiger partial charge in [-0.15, -0.1) is 0 Å². The van der Waals surface area contributed by atoms with Gasteiger partial charge in [0.05, 0.1) is 4.90 Å². The van der Waals surface area contributed by atoms with Gasteiger partial charge in [0.25, 0.3) is 5.56 Å². The molecule has 1 amide bonds. The first-order valence-electron chi connectivity index (χ1n) is 12.1. The molecule has 1 aliphatic rings. The monoisotopic (exact) mass is 537 g/mol. The van der Waals surface area contributed by atoms with Crippen LogP contribution in [0.2, 0.25) is 0 Å². The molecule has 9 nitrogen and oxygen atoms in total. The lowest BCUT2D eigenvalue weighted by Gasteiger charge is -2.23. The fourth-order valence-corrected chi connectivity index (χ4v) is 6.56. The number of hydrogen-bond acceptors (Lipinski definition) is 8. The zero-order valence-corrected chi connectivity index (χ0v) is 22.2. The number of aromatic nitrogens is 3. The Morgan fingerprint density at radius 1 is 1.11 bits per heavy atom. The maximum absolute atomic E-state index is 13.4. The molecule has 192 valence electrons. The highest BCUT2D eigenvalue weighted by Gasteiger charge is 2.33. The third-order valence-corrected chi connectivity index (χ3v) is 8.60. The molecule has 0 radical (unpaired) electrons. The molecule has 2 aromatic heterocycles. The summed E-state index contributed by atoms with van der Waals surface area (Å²) in [4.78, 5) is 38.3. The van der Waals surface area contributed by atoms with E-state index in [2.05, 4.69) is 10.3 Å². The van der Waals surface area contributed by atoms with Gasteiger partial charge in [0, 0.05) is 31.5 Å². The first-order valence-corrected chi connectivity index (χ1v) is 14.8. The zero-order chi connectivity index (χ0) is 26.2. The number of thiazole rings is 1. The number of fused-ring (bicyclic) bond motifs is 1. The Balaban J connectivity index is 1.51. The summed E-state index contributed by atoms with van der Waals surface area (Å²) >= 11 is 1.25. The van der Waals surface area contributed by atoms with Gasteiger partial charge < -0.3 is 10.2 Å². The van der Waals surface area contributed by atoms with Crippen LogP contribution in [-0.4, -0.2) is 47.7 Å².